The van der Waals surface area contributed by atoms with Crippen LogP contribution in [0.1, 0.15) is 0 Å². The SMILES string of the molecule is [Au].[S-]C([S-])N1CCN(c2ccc(N3CCOCC3)cc2)CC1. The van der Waals surface area contributed by atoms with Gasteiger partial charge in [0.1, 0.15) is 0 Å². The molecule has 2 aliphatic rings. The Balaban J connectivity index is 0.00000176. The average Bonchev–Trinajstić information content (AvgIpc) is 2.56. The molecule has 2 saturated heterocycles. The molecule has 1 radical (unpaired) electrons. The molecular weight excluding hydrogens is 499 g/mol. The number of benzene rings is 1. The first kappa shape index (κ1) is 18.5. The first-order chi connectivity index (χ1) is 10.2. The number of hydrogen-bond donors (Lipinski definition) is 0. The molecule has 4 nitrogen and oxygen atoms in total. The Labute approximate surface area is 159 Å². The van der Waals surface area contributed by atoms with Gasteiger partial charge in [-0.2, -0.15) is 0 Å². The van der Waals surface area contributed by atoms with Crippen molar-refractivity contribution in [1.29, 1.82) is 0 Å². The molecule has 0 amide bonds. The van der Waals surface area contributed by atoms with Gasteiger partial charge in [-0.25, -0.2) is 4.71 Å². The fourth-order valence-electron chi connectivity index (χ4n) is 2.89. The molecule has 1 aromatic rings. The van der Waals surface area contributed by atoms with Gasteiger partial charge >= 0.3 is 0 Å². The van der Waals surface area contributed by atoms with E-state index in [9.17, 15) is 0 Å². The predicted molar refractivity (Wildman–Crippen MR) is 91.8 cm³/mol. The van der Waals surface area contributed by atoms with Crippen molar-refractivity contribution < 1.29 is 27.1 Å². The molecule has 0 bridgehead atoms. The molecule has 0 spiro atoms. The third-order valence-electron chi connectivity index (χ3n) is 4.20. The second kappa shape index (κ2) is 8.87. The smallest absolute Gasteiger partial charge is 0.0642 e. The number of morpholine rings is 1. The summed E-state index contributed by atoms with van der Waals surface area (Å²) in [6, 6.07) is 8.88. The number of ether oxygens (including phenoxy) is 1. The summed E-state index contributed by atoms with van der Waals surface area (Å²) in [5, 5.41) is 0. The van der Waals surface area contributed by atoms with Gasteiger partial charge < -0.3 is 44.7 Å². The third-order valence-corrected chi connectivity index (χ3v) is 4.80. The summed E-state index contributed by atoms with van der Waals surface area (Å²) in [6.07, 6.45) is 0. The van der Waals surface area contributed by atoms with Gasteiger partial charge in [0.15, 0.2) is 0 Å². The molecule has 22 heavy (non-hydrogen) atoms. The summed E-state index contributed by atoms with van der Waals surface area (Å²) in [5.74, 6) is 0. The predicted octanol–water partition coefficient (Wildman–Crippen LogP) is 1.02. The molecule has 7 heteroatoms. The van der Waals surface area contributed by atoms with E-state index < -0.39 is 0 Å². The number of anilines is 2. The molecule has 3 rings (SSSR count). The van der Waals surface area contributed by atoms with Crippen LogP contribution in [-0.2, 0) is 52.4 Å². The van der Waals surface area contributed by atoms with Gasteiger partial charge in [0, 0.05) is 73.0 Å². The Hall–Kier alpha value is 0.180. The minimum absolute atomic E-state index is 0. The minimum Gasteiger partial charge on any atom is -0.800 e. The van der Waals surface area contributed by atoms with Gasteiger partial charge in [-0.15, -0.1) is 0 Å². The second-order valence-corrected chi connectivity index (χ2v) is 6.64. The van der Waals surface area contributed by atoms with Gasteiger partial charge in [-0.3, -0.25) is 0 Å². The maximum absolute atomic E-state index is 5.40. The van der Waals surface area contributed by atoms with E-state index in [0.717, 1.165) is 52.5 Å². The normalized spacial score (nSPS) is 20.1. The molecule has 0 N–H and O–H groups in total. The topological polar surface area (TPSA) is 19.0 Å². The van der Waals surface area contributed by atoms with Crippen molar-refractivity contribution in [2.45, 2.75) is 4.71 Å². The zero-order valence-corrected chi connectivity index (χ0v) is 16.2. The van der Waals surface area contributed by atoms with E-state index in [4.69, 9.17) is 30.0 Å². The van der Waals surface area contributed by atoms with Crippen LogP contribution in [-0.4, -0.2) is 62.1 Å². The van der Waals surface area contributed by atoms with Crippen LogP contribution >= 0.6 is 0 Å². The van der Waals surface area contributed by atoms with Crippen molar-refractivity contribution >= 4 is 36.6 Å². The van der Waals surface area contributed by atoms with E-state index in [1.54, 1.807) is 0 Å². The Kier molecular flexibility index (Phi) is 7.47. The fraction of sp³-hybridized carbons (Fsp3) is 0.600. The van der Waals surface area contributed by atoms with E-state index in [-0.39, 0.29) is 27.1 Å². The van der Waals surface area contributed by atoms with Crippen molar-refractivity contribution in [1.82, 2.24) is 4.90 Å². The van der Waals surface area contributed by atoms with E-state index in [1.807, 2.05) is 0 Å². The van der Waals surface area contributed by atoms with Gasteiger partial charge in [0.2, 0.25) is 0 Å². The van der Waals surface area contributed by atoms with Crippen LogP contribution in [0.4, 0.5) is 11.4 Å². The average molecular weight is 520 g/mol. The van der Waals surface area contributed by atoms with Crippen LogP contribution in [0.3, 0.4) is 0 Å². The maximum atomic E-state index is 5.40. The van der Waals surface area contributed by atoms with E-state index in [1.165, 1.54) is 11.4 Å². The van der Waals surface area contributed by atoms with E-state index in [2.05, 4.69) is 39.0 Å². The first-order valence-corrected chi connectivity index (χ1v) is 8.42. The molecule has 127 valence electrons. The summed E-state index contributed by atoms with van der Waals surface area (Å²) >= 11 is 10.3. The summed E-state index contributed by atoms with van der Waals surface area (Å²) < 4.78 is 5.23. The number of nitrogens with zero attached hydrogens (tertiary/aromatic N) is 3. The first-order valence-electron chi connectivity index (χ1n) is 7.47. The summed E-state index contributed by atoms with van der Waals surface area (Å²) in [4.78, 5) is 6.97. The Bertz CT molecular complexity index is 447. The summed E-state index contributed by atoms with van der Waals surface area (Å²) in [7, 11) is 0. The molecule has 2 heterocycles. The van der Waals surface area contributed by atoms with Crippen molar-refractivity contribution in [3.8, 4) is 0 Å². The Morgan fingerprint density at radius 1 is 0.773 bits per heavy atom. The van der Waals surface area contributed by atoms with E-state index >= 15 is 0 Å². The molecule has 0 aromatic heterocycles. The van der Waals surface area contributed by atoms with Gasteiger partial charge in [-0.05, 0) is 24.3 Å². The number of piperazine rings is 1. The second-order valence-electron chi connectivity index (χ2n) is 5.45. The number of rotatable bonds is 3. The summed E-state index contributed by atoms with van der Waals surface area (Å²) in [5.41, 5.74) is 2.58. The molecule has 0 aliphatic carbocycles. The molecule has 0 saturated carbocycles. The third kappa shape index (κ3) is 4.60. The molecule has 2 fully saturated rings. The van der Waals surface area contributed by atoms with Crippen LogP contribution < -0.4 is 9.80 Å². The zero-order valence-electron chi connectivity index (χ0n) is 12.4. The molecule has 0 unspecified atom stereocenters. The Morgan fingerprint density at radius 2 is 1.23 bits per heavy atom. The van der Waals surface area contributed by atoms with Crippen molar-refractivity contribution in [3.63, 3.8) is 0 Å². The standard InChI is InChI=1S/C15H23N3OS2.Au/c20-15(21)18-7-5-16(6-8-18)13-1-3-14(4-2-13)17-9-11-19-12-10-17;/h1-4,15,20-21H,5-12H2;/p-2. The van der Waals surface area contributed by atoms with Crippen molar-refractivity contribution in [3.05, 3.63) is 24.3 Å². The monoisotopic (exact) mass is 520 g/mol. The summed E-state index contributed by atoms with van der Waals surface area (Å²) in [6.45, 7) is 7.54. The van der Waals surface area contributed by atoms with Gasteiger partial charge in [-0.1, -0.05) is 0 Å². The number of hydrogen-bond acceptors (Lipinski definition) is 6. The fourth-order valence-corrected chi connectivity index (χ4v) is 3.31. The van der Waals surface area contributed by atoms with E-state index in [0.29, 0.717) is 0 Å². The largest absolute Gasteiger partial charge is 0.800 e. The van der Waals surface area contributed by atoms with Crippen LogP contribution in [0, 0.1) is 0 Å². The maximum Gasteiger partial charge on any atom is 0.0642 e. The van der Waals surface area contributed by atoms with Crippen LogP contribution in [0.2, 0.25) is 0 Å². The van der Waals surface area contributed by atoms with Crippen LogP contribution in [0.5, 0.6) is 0 Å². The molecule has 2 aliphatic heterocycles. The van der Waals surface area contributed by atoms with Crippen molar-refractivity contribution in [2.24, 2.45) is 0 Å². The zero-order chi connectivity index (χ0) is 14.7. The van der Waals surface area contributed by atoms with Gasteiger partial charge in [0.05, 0.1) is 13.2 Å². The molecule has 1 aromatic carbocycles. The quantitative estimate of drug-likeness (QED) is 0.435. The van der Waals surface area contributed by atoms with Crippen LogP contribution in [0.25, 0.3) is 0 Å². The van der Waals surface area contributed by atoms with Crippen LogP contribution in [0.15, 0.2) is 24.3 Å². The molecule has 0 atom stereocenters. The Morgan fingerprint density at radius 3 is 1.68 bits per heavy atom. The van der Waals surface area contributed by atoms with Crippen molar-refractivity contribution in [2.75, 3.05) is 62.3 Å². The van der Waals surface area contributed by atoms with Gasteiger partial charge in [0.25, 0.3) is 0 Å². The minimum atomic E-state index is -0.171. The molecular formula is C15H21AuN3OS2-2.